The molecule has 0 radical (unpaired) electrons. The van der Waals surface area contributed by atoms with Crippen molar-refractivity contribution in [3.05, 3.63) is 29.3 Å². The van der Waals surface area contributed by atoms with E-state index in [1.165, 1.54) is 36.8 Å². The molecule has 1 aromatic carbocycles. The second-order valence-corrected chi connectivity index (χ2v) is 5.93. The van der Waals surface area contributed by atoms with Gasteiger partial charge in [0.05, 0.1) is 7.11 Å². The van der Waals surface area contributed by atoms with E-state index in [9.17, 15) is 0 Å². The smallest absolute Gasteiger partial charge is 0.123 e. The van der Waals surface area contributed by atoms with Gasteiger partial charge in [-0.3, -0.25) is 4.90 Å². The zero-order valence-corrected chi connectivity index (χ0v) is 13.8. The number of nitrogens with zero attached hydrogens (tertiary/aromatic N) is 1. The third-order valence-corrected chi connectivity index (χ3v) is 4.54. The molecular weight excluding hydrogens is 260 g/mol. The molecule has 0 atom stereocenters. The van der Waals surface area contributed by atoms with Crippen molar-refractivity contribution in [3.63, 3.8) is 0 Å². The normalized spacial score (nSPS) is 15.8. The zero-order chi connectivity index (χ0) is 15.1. The number of nitrogens with one attached hydrogen (secondary N) is 1. The molecule has 1 fully saturated rings. The quantitative estimate of drug-likeness (QED) is 0.792. The van der Waals surface area contributed by atoms with Crippen molar-refractivity contribution in [2.75, 3.05) is 20.2 Å². The van der Waals surface area contributed by atoms with Crippen LogP contribution in [-0.4, -0.2) is 31.1 Å². The number of methoxy groups -OCH3 is 1. The van der Waals surface area contributed by atoms with Gasteiger partial charge in [-0.25, -0.2) is 0 Å². The Balaban J connectivity index is 2.11. The maximum Gasteiger partial charge on any atom is 0.123 e. The lowest BCUT2D eigenvalue weighted by Crippen LogP contribution is -2.32. The van der Waals surface area contributed by atoms with Crippen molar-refractivity contribution in [1.29, 1.82) is 0 Å². The van der Waals surface area contributed by atoms with Crippen LogP contribution in [0.3, 0.4) is 0 Å². The maximum atomic E-state index is 5.57. The Bertz CT molecular complexity index is 427. The molecule has 0 saturated heterocycles. The summed E-state index contributed by atoms with van der Waals surface area (Å²) in [6.07, 6.45) is 5.48. The standard InChI is InChI=1S/C18H30N2O/c1-4-19-13-15-10-11-18(21-3)16(12-15)14-20(5-2)17-8-6-7-9-17/h10-12,17,19H,4-9,13-14H2,1-3H3. The molecule has 0 aromatic heterocycles. The average Bonchev–Trinajstić information content (AvgIpc) is 3.04. The van der Waals surface area contributed by atoms with Gasteiger partial charge in [0.1, 0.15) is 5.75 Å². The number of rotatable bonds is 8. The zero-order valence-electron chi connectivity index (χ0n) is 13.8. The summed E-state index contributed by atoms with van der Waals surface area (Å²) in [7, 11) is 1.77. The van der Waals surface area contributed by atoms with Gasteiger partial charge in [-0.15, -0.1) is 0 Å². The van der Waals surface area contributed by atoms with Crippen molar-refractivity contribution >= 4 is 0 Å². The first kappa shape index (κ1) is 16.3. The SMILES string of the molecule is CCNCc1ccc(OC)c(CN(CC)C2CCCC2)c1. The largest absolute Gasteiger partial charge is 0.496 e. The molecule has 21 heavy (non-hydrogen) atoms. The second kappa shape index (κ2) is 8.40. The minimum atomic E-state index is 0.761. The molecular formula is C18H30N2O. The summed E-state index contributed by atoms with van der Waals surface area (Å²) < 4.78 is 5.57. The van der Waals surface area contributed by atoms with Crippen LogP contribution in [0.15, 0.2) is 18.2 Å². The van der Waals surface area contributed by atoms with Crippen molar-refractivity contribution in [3.8, 4) is 5.75 Å². The summed E-state index contributed by atoms with van der Waals surface area (Å²) in [6, 6.07) is 7.35. The first-order chi connectivity index (χ1) is 10.3. The lowest BCUT2D eigenvalue weighted by molar-refractivity contribution is 0.198. The number of benzene rings is 1. The molecule has 1 N–H and O–H groups in total. The summed E-state index contributed by atoms with van der Waals surface area (Å²) in [4.78, 5) is 2.61. The highest BCUT2D eigenvalue weighted by molar-refractivity contribution is 5.37. The van der Waals surface area contributed by atoms with Gasteiger partial charge in [-0.05, 0) is 43.6 Å². The summed E-state index contributed by atoms with van der Waals surface area (Å²) in [5.41, 5.74) is 2.66. The number of hydrogen-bond acceptors (Lipinski definition) is 3. The Morgan fingerprint density at radius 1 is 1.24 bits per heavy atom. The molecule has 0 amide bonds. The molecule has 0 unspecified atom stereocenters. The second-order valence-electron chi connectivity index (χ2n) is 5.93. The summed E-state index contributed by atoms with van der Waals surface area (Å²) in [5.74, 6) is 1.02. The van der Waals surface area contributed by atoms with Crippen molar-refractivity contribution in [1.82, 2.24) is 10.2 Å². The highest BCUT2D eigenvalue weighted by Gasteiger charge is 2.22. The molecule has 2 rings (SSSR count). The van der Waals surface area contributed by atoms with E-state index in [1.807, 2.05) is 0 Å². The van der Waals surface area contributed by atoms with Crippen LogP contribution in [-0.2, 0) is 13.1 Å². The molecule has 3 nitrogen and oxygen atoms in total. The predicted octanol–water partition coefficient (Wildman–Crippen LogP) is 3.57. The van der Waals surface area contributed by atoms with Crippen LogP contribution in [0, 0.1) is 0 Å². The monoisotopic (exact) mass is 290 g/mol. The predicted molar refractivity (Wildman–Crippen MR) is 88.7 cm³/mol. The third-order valence-electron chi connectivity index (χ3n) is 4.54. The van der Waals surface area contributed by atoms with E-state index < -0.39 is 0 Å². The van der Waals surface area contributed by atoms with Gasteiger partial charge in [0.25, 0.3) is 0 Å². The molecule has 0 bridgehead atoms. The lowest BCUT2D eigenvalue weighted by Gasteiger charge is -2.28. The van der Waals surface area contributed by atoms with Gasteiger partial charge >= 0.3 is 0 Å². The van der Waals surface area contributed by atoms with Crippen molar-refractivity contribution < 1.29 is 4.74 Å². The van der Waals surface area contributed by atoms with Crippen LogP contribution in [0.4, 0.5) is 0 Å². The van der Waals surface area contributed by atoms with Crippen LogP contribution >= 0.6 is 0 Å². The summed E-state index contributed by atoms with van der Waals surface area (Å²) >= 11 is 0. The van der Waals surface area contributed by atoms with E-state index in [1.54, 1.807) is 7.11 Å². The molecule has 0 aliphatic heterocycles. The minimum absolute atomic E-state index is 0.761. The minimum Gasteiger partial charge on any atom is -0.496 e. The molecule has 1 aliphatic rings. The maximum absolute atomic E-state index is 5.57. The fourth-order valence-electron chi connectivity index (χ4n) is 3.32. The highest BCUT2D eigenvalue weighted by Crippen LogP contribution is 2.27. The van der Waals surface area contributed by atoms with Crippen molar-refractivity contribution in [2.24, 2.45) is 0 Å². The van der Waals surface area contributed by atoms with E-state index in [0.29, 0.717) is 0 Å². The van der Waals surface area contributed by atoms with E-state index in [2.05, 4.69) is 42.3 Å². The summed E-state index contributed by atoms with van der Waals surface area (Å²) in [6.45, 7) is 8.47. The highest BCUT2D eigenvalue weighted by atomic mass is 16.5. The molecule has 1 aromatic rings. The first-order valence-corrected chi connectivity index (χ1v) is 8.39. The molecule has 1 saturated carbocycles. The number of ether oxygens (including phenoxy) is 1. The van der Waals surface area contributed by atoms with Crippen LogP contribution in [0.25, 0.3) is 0 Å². The van der Waals surface area contributed by atoms with E-state index in [4.69, 9.17) is 4.74 Å². The van der Waals surface area contributed by atoms with Gasteiger partial charge < -0.3 is 10.1 Å². The van der Waals surface area contributed by atoms with Crippen LogP contribution in [0.5, 0.6) is 5.75 Å². The summed E-state index contributed by atoms with van der Waals surface area (Å²) in [5, 5.41) is 3.40. The van der Waals surface area contributed by atoms with Crippen LogP contribution < -0.4 is 10.1 Å². The molecule has 0 heterocycles. The van der Waals surface area contributed by atoms with Gasteiger partial charge in [-0.2, -0.15) is 0 Å². The fourth-order valence-corrected chi connectivity index (χ4v) is 3.32. The van der Waals surface area contributed by atoms with E-state index >= 15 is 0 Å². The topological polar surface area (TPSA) is 24.5 Å². The Morgan fingerprint density at radius 3 is 2.62 bits per heavy atom. The van der Waals surface area contributed by atoms with Crippen molar-refractivity contribution in [2.45, 2.75) is 58.7 Å². The first-order valence-electron chi connectivity index (χ1n) is 8.39. The van der Waals surface area contributed by atoms with E-state index in [-0.39, 0.29) is 0 Å². The van der Waals surface area contributed by atoms with Gasteiger partial charge in [-0.1, -0.05) is 32.8 Å². The molecule has 118 valence electrons. The van der Waals surface area contributed by atoms with Crippen LogP contribution in [0.2, 0.25) is 0 Å². The number of hydrogen-bond donors (Lipinski definition) is 1. The molecule has 0 spiro atoms. The Hall–Kier alpha value is -1.06. The molecule has 3 heteroatoms. The van der Waals surface area contributed by atoms with Gasteiger partial charge in [0, 0.05) is 24.7 Å². The van der Waals surface area contributed by atoms with Crippen LogP contribution in [0.1, 0.15) is 50.7 Å². The Labute approximate surface area is 129 Å². The van der Waals surface area contributed by atoms with E-state index in [0.717, 1.165) is 38.0 Å². The average molecular weight is 290 g/mol. The Kier molecular flexibility index (Phi) is 6.52. The lowest BCUT2D eigenvalue weighted by atomic mass is 10.1. The Morgan fingerprint density at radius 2 is 2.00 bits per heavy atom. The van der Waals surface area contributed by atoms with Gasteiger partial charge in [0.2, 0.25) is 0 Å². The molecule has 1 aliphatic carbocycles. The fraction of sp³-hybridized carbons (Fsp3) is 0.667. The van der Waals surface area contributed by atoms with Gasteiger partial charge in [0.15, 0.2) is 0 Å². The third kappa shape index (κ3) is 4.45.